The van der Waals surface area contributed by atoms with Crippen molar-refractivity contribution in [1.29, 1.82) is 0 Å². The van der Waals surface area contributed by atoms with E-state index < -0.39 is 0 Å². The number of rotatable bonds is 4. The van der Waals surface area contributed by atoms with Crippen LogP contribution in [0.15, 0.2) is 0 Å². The molecule has 0 spiro atoms. The first-order valence-corrected chi connectivity index (χ1v) is 7.38. The molecule has 0 aromatic heterocycles. The Balaban J connectivity index is 2.33. The molecule has 1 rings (SSSR count). The first-order valence-electron chi connectivity index (χ1n) is 6.46. The fraction of sp³-hybridized carbons (Fsp3) is 0.923. The summed E-state index contributed by atoms with van der Waals surface area (Å²) in [5.74, 6) is 1.63. The molecule has 0 N–H and O–H groups in total. The summed E-state index contributed by atoms with van der Waals surface area (Å²) in [6.45, 7) is 8.43. The minimum Gasteiger partial charge on any atom is -0.343 e. The monoisotopic (exact) mass is 289 g/mol. The first kappa shape index (κ1) is 14.0. The maximum atomic E-state index is 12.0. The summed E-state index contributed by atoms with van der Waals surface area (Å²) >= 11 is 3.64. The number of alkyl halides is 1. The molecule has 0 bridgehead atoms. The van der Waals surface area contributed by atoms with Crippen LogP contribution in [-0.4, -0.2) is 28.7 Å². The highest BCUT2D eigenvalue weighted by Gasteiger charge is 2.25. The smallest absolute Gasteiger partial charge is 0.222 e. The van der Waals surface area contributed by atoms with E-state index in [-0.39, 0.29) is 0 Å². The van der Waals surface area contributed by atoms with Gasteiger partial charge in [0.15, 0.2) is 0 Å². The number of piperidine rings is 1. The molecule has 1 saturated heterocycles. The SMILES string of the molecule is CCC(C)CC(=O)N1CCC(C(C)Br)CC1. The summed E-state index contributed by atoms with van der Waals surface area (Å²) in [5, 5.41) is 0. The van der Waals surface area contributed by atoms with Gasteiger partial charge in [-0.3, -0.25) is 4.79 Å². The van der Waals surface area contributed by atoms with Gasteiger partial charge in [0.25, 0.3) is 0 Å². The van der Waals surface area contributed by atoms with E-state index in [1.807, 2.05) is 0 Å². The highest BCUT2D eigenvalue weighted by Crippen LogP contribution is 2.25. The highest BCUT2D eigenvalue weighted by molar-refractivity contribution is 9.09. The fourth-order valence-corrected chi connectivity index (χ4v) is 2.71. The number of halogens is 1. The Morgan fingerprint density at radius 3 is 2.38 bits per heavy atom. The zero-order chi connectivity index (χ0) is 12.1. The predicted molar refractivity (Wildman–Crippen MR) is 71.8 cm³/mol. The van der Waals surface area contributed by atoms with Crippen LogP contribution >= 0.6 is 15.9 Å². The summed E-state index contributed by atoms with van der Waals surface area (Å²) in [7, 11) is 0. The van der Waals surface area contributed by atoms with Crippen LogP contribution in [0.3, 0.4) is 0 Å². The van der Waals surface area contributed by atoms with Crippen LogP contribution in [0, 0.1) is 11.8 Å². The second-order valence-corrected chi connectivity index (χ2v) is 6.56. The van der Waals surface area contributed by atoms with Crippen molar-refractivity contribution in [2.24, 2.45) is 11.8 Å². The van der Waals surface area contributed by atoms with Crippen LogP contribution in [-0.2, 0) is 4.79 Å². The molecule has 3 heteroatoms. The lowest BCUT2D eigenvalue weighted by molar-refractivity contribution is -0.133. The molecule has 1 heterocycles. The molecule has 2 unspecified atom stereocenters. The third-order valence-electron chi connectivity index (χ3n) is 3.76. The summed E-state index contributed by atoms with van der Waals surface area (Å²) in [4.78, 5) is 14.6. The Bertz CT molecular complexity index is 222. The van der Waals surface area contributed by atoms with Gasteiger partial charge in [0, 0.05) is 24.3 Å². The van der Waals surface area contributed by atoms with Gasteiger partial charge in [0.1, 0.15) is 0 Å². The van der Waals surface area contributed by atoms with Crippen LogP contribution in [0.2, 0.25) is 0 Å². The van der Waals surface area contributed by atoms with E-state index in [1.165, 1.54) is 0 Å². The van der Waals surface area contributed by atoms with Crippen molar-refractivity contribution in [2.45, 2.75) is 51.3 Å². The van der Waals surface area contributed by atoms with E-state index in [0.717, 1.165) is 44.7 Å². The maximum Gasteiger partial charge on any atom is 0.222 e. The van der Waals surface area contributed by atoms with Crippen molar-refractivity contribution in [3.05, 3.63) is 0 Å². The Labute approximate surface area is 108 Å². The number of carbonyl (C=O) groups is 1. The molecular formula is C13H24BrNO. The van der Waals surface area contributed by atoms with Gasteiger partial charge in [-0.25, -0.2) is 0 Å². The zero-order valence-electron chi connectivity index (χ0n) is 10.7. The third-order valence-corrected chi connectivity index (χ3v) is 4.51. The lowest BCUT2D eigenvalue weighted by atomic mass is 9.93. The van der Waals surface area contributed by atoms with Crippen molar-refractivity contribution < 1.29 is 4.79 Å². The first-order chi connectivity index (χ1) is 7.54. The molecule has 0 aliphatic carbocycles. The van der Waals surface area contributed by atoms with Crippen molar-refractivity contribution in [2.75, 3.05) is 13.1 Å². The Hall–Kier alpha value is -0.0500. The van der Waals surface area contributed by atoms with Gasteiger partial charge < -0.3 is 4.90 Å². The molecule has 1 fully saturated rings. The summed E-state index contributed by atoms with van der Waals surface area (Å²) < 4.78 is 0. The lowest BCUT2D eigenvalue weighted by Crippen LogP contribution is -2.40. The van der Waals surface area contributed by atoms with Gasteiger partial charge >= 0.3 is 0 Å². The molecule has 1 aliphatic heterocycles. The minimum absolute atomic E-state index is 0.357. The molecule has 0 aromatic carbocycles. The van der Waals surface area contributed by atoms with Gasteiger partial charge in [0.05, 0.1) is 0 Å². The fourth-order valence-electron chi connectivity index (χ4n) is 2.18. The molecule has 1 aliphatic rings. The second kappa shape index (κ2) is 6.63. The van der Waals surface area contributed by atoms with Crippen molar-refractivity contribution in [3.8, 4) is 0 Å². The number of hydrogen-bond acceptors (Lipinski definition) is 1. The average molecular weight is 290 g/mol. The van der Waals surface area contributed by atoms with E-state index in [9.17, 15) is 4.79 Å². The molecule has 0 aromatic rings. The number of amides is 1. The molecular weight excluding hydrogens is 266 g/mol. The Morgan fingerprint density at radius 2 is 1.94 bits per heavy atom. The van der Waals surface area contributed by atoms with Gasteiger partial charge in [0.2, 0.25) is 5.91 Å². The largest absolute Gasteiger partial charge is 0.343 e. The molecule has 2 atom stereocenters. The van der Waals surface area contributed by atoms with Crippen LogP contribution in [0.25, 0.3) is 0 Å². The minimum atomic E-state index is 0.357. The number of hydrogen-bond donors (Lipinski definition) is 0. The van der Waals surface area contributed by atoms with Gasteiger partial charge in [-0.05, 0) is 24.7 Å². The van der Waals surface area contributed by atoms with Crippen LogP contribution < -0.4 is 0 Å². The standard InChI is InChI=1S/C13H24BrNO/c1-4-10(2)9-13(16)15-7-5-12(6-8-15)11(3)14/h10-12H,4-9H2,1-3H3. The summed E-state index contributed by atoms with van der Waals surface area (Å²) in [6.07, 6.45) is 4.13. The normalized spacial score (nSPS) is 21.9. The molecule has 0 saturated carbocycles. The second-order valence-electron chi connectivity index (χ2n) is 5.11. The third kappa shape index (κ3) is 4.08. The summed E-state index contributed by atoms with van der Waals surface area (Å²) in [6, 6.07) is 0. The van der Waals surface area contributed by atoms with Crippen LogP contribution in [0.4, 0.5) is 0 Å². The number of carbonyl (C=O) groups excluding carboxylic acids is 1. The number of nitrogens with zero attached hydrogens (tertiary/aromatic N) is 1. The van der Waals surface area contributed by atoms with Crippen LogP contribution in [0.5, 0.6) is 0 Å². The van der Waals surface area contributed by atoms with E-state index in [0.29, 0.717) is 16.7 Å². The van der Waals surface area contributed by atoms with Crippen LogP contribution in [0.1, 0.15) is 46.5 Å². The summed E-state index contributed by atoms with van der Waals surface area (Å²) in [5.41, 5.74) is 0. The molecule has 2 nitrogen and oxygen atoms in total. The molecule has 0 radical (unpaired) electrons. The zero-order valence-corrected chi connectivity index (χ0v) is 12.3. The quantitative estimate of drug-likeness (QED) is 0.726. The van der Waals surface area contributed by atoms with E-state index in [1.54, 1.807) is 0 Å². The van der Waals surface area contributed by atoms with Gasteiger partial charge in [-0.2, -0.15) is 0 Å². The predicted octanol–water partition coefficient (Wildman–Crippen LogP) is 3.44. The number of likely N-dealkylation sites (tertiary alicyclic amines) is 1. The van der Waals surface area contributed by atoms with Crippen molar-refractivity contribution >= 4 is 21.8 Å². The Kier molecular flexibility index (Phi) is 5.81. The average Bonchev–Trinajstić information content (AvgIpc) is 2.28. The topological polar surface area (TPSA) is 20.3 Å². The van der Waals surface area contributed by atoms with E-state index in [2.05, 4.69) is 41.6 Å². The molecule has 94 valence electrons. The Morgan fingerprint density at radius 1 is 1.38 bits per heavy atom. The molecule has 16 heavy (non-hydrogen) atoms. The molecule has 1 amide bonds. The van der Waals surface area contributed by atoms with Crippen molar-refractivity contribution in [1.82, 2.24) is 4.90 Å². The highest BCUT2D eigenvalue weighted by atomic mass is 79.9. The van der Waals surface area contributed by atoms with E-state index in [4.69, 9.17) is 0 Å². The maximum absolute atomic E-state index is 12.0. The lowest BCUT2D eigenvalue weighted by Gasteiger charge is -2.33. The van der Waals surface area contributed by atoms with Crippen molar-refractivity contribution in [3.63, 3.8) is 0 Å². The van der Waals surface area contributed by atoms with Gasteiger partial charge in [-0.15, -0.1) is 0 Å². The van der Waals surface area contributed by atoms with E-state index >= 15 is 0 Å². The van der Waals surface area contributed by atoms with Gasteiger partial charge in [-0.1, -0.05) is 43.1 Å².